The molecule has 2 rings (SSSR count). The Morgan fingerprint density at radius 1 is 1.14 bits per heavy atom. The van der Waals surface area contributed by atoms with E-state index in [9.17, 15) is 26.3 Å². The Morgan fingerprint density at radius 3 is 2.36 bits per heavy atom. The third-order valence-corrected chi connectivity index (χ3v) is 4.91. The van der Waals surface area contributed by atoms with Crippen LogP contribution in [0.25, 0.3) is 0 Å². The summed E-state index contributed by atoms with van der Waals surface area (Å²) in [7, 11) is 0. The lowest BCUT2D eigenvalue weighted by atomic mass is 10.1. The molecule has 0 radical (unpaired) electrons. The van der Waals surface area contributed by atoms with Crippen LogP contribution in [0, 0.1) is 6.92 Å². The molecule has 0 saturated heterocycles. The summed E-state index contributed by atoms with van der Waals surface area (Å²) < 4.78 is 78.5. The largest absolute Gasteiger partial charge is 0.436 e. The molecule has 28 heavy (non-hydrogen) atoms. The number of hydrogen-bond acceptors (Lipinski definition) is 2. The summed E-state index contributed by atoms with van der Waals surface area (Å²) in [5.74, 6) is 0. The molecule has 0 bridgehead atoms. The van der Waals surface area contributed by atoms with Gasteiger partial charge in [-0.25, -0.2) is 0 Å². The summed E-state index contributed by atoms with van der Waals surface area (Å²) in [6.45, 7) is 1.91. The predicted molar refractivity (Wildman–Crippen MR) is 100.0 cm³/mol. The van der Waals surface area contributed by atoms with Crippen LogP contribution in [-0.4, -0.2) is 21.4 Å². The molecule has 0 aliphatic rings. The average Bonchev–Trinajstić information content (AvgIpc) is 2.86. The van der Waals surface area contributed by atoms with Crippen molar-refractivity contribution in [1.29, 1.82) is 0 Å². The van der Waals surface area contributed by atoms with Crippen molar-refractivity contribution in [3.63, 3.8) is 0 Å². The van der Waals surface area contributed by atoms with Crippen molar-refractivity contribution in [2.75, 3.05) is 11.9 Å². The highest BCUT2D eigenvalue weighted by Gasteiger charge is 2.37. The Kier molecular flexibility index (Phi) is 6.97. The number of para-hydroxylation sites is 1. The first kappa shape index (κ1) is 22.5. The fourth-order valence-electron chi connectivity index (χ4n) is 2.36. The van der Waals surface area contributed by atoms with Gasteiger partial charge in [-0.2, -0.15) is 31.4 Å². The van der Waals surface area contributed by atoms with E-state index < -0.39 is 23.6 Å². The minimum absolute atomic E-state index is 0.0222. The van der Waals surface area contributed by atoms with Crippen LogP contribution in [0.5, 0.6) is 0 Å². The lowest BCUT2D eigenvalue weighted by Gasteiger charge is -2.15. The van der Waals surface area contributed by atoms with Gasteiger partial charge in [0.2, 0.25) is 0 Å². The summed E-state index contributed by atoms with van der Waals surface area (Å²) in [6, 6.07) is 4.89. The number of rotatable bonds is 5. The number of halogens is 7. The zero-order valence-electron chi connectivity index (χ0n) is 14.4. The van der Waals surface area contributed by atoms with Crippen molar-refractivity contribution in [2.45, 2.75) is 32.2 Å². The van der Waals surface area contributed by atoms with E-state index in [0.29, 0.717) is 12.1 Å². The summed E-state index contributed by atoms with van der Waals surface area (Å²) in [4.78, 5) is 0. The molecule has 0 atom stereocenters. The first-order valence-corrected chi connectivity index (χ1v) is 9.12. The van der Waals surface area contributed by atoms with E-state index in [2.05, 4.69) is 31.7 Å². The van der Waals surface area contributed by atoms with Crippen LogP contribution in [0.2, 0.25) is 0 Å². The van der Waals surface area contributed by atoms with Crippen LogP contribution in [0.15, 0.2) is 28.7 Å². The maximum absolute atomic E-state index is 13.0. The molecule has 1 aromatic heterocycles. The second-order valence-electron chi connectivity index (χ2n) is 5.75. The van der Waals surface area contributed by atoms with Gasteiger partial charge in [0, 0.05) is 13.1 Å². The first-order chi connectivity index (χ1) is 12.9. The van der Waals surface area contributed by atoms with E-state index in [0.717, 1.165) is 6.07 Å². The molecular formula is C16H15BrF6N4S. The van der Waals surface area contributed by atoms with Crippen molar-refractivity contribution >= 4 is 38.9 Å². The molecule has 0 fully saturated rings. The highest BCUT2D eigenvalue weighted by molar-refractivity contribution is 9.10. The molecule has 2 aromatic rings. The fourth-order valence-corrected chi connectivity index (χ4v) is 3.08. The topological polar surface area (TPSA) is 41.9 Å². The van der Waals surface area contributed by atoms with E-state index in [4.69, 9.17) is 12.2 Å². The van der Waals surface area contributed by atoms with Gasteiger partial charge in [-0.15, -0.1) is 0 Å². The van der Waals surface area contributed by atoms with Gasteiger partial charge < -0.3 is 10.6 Å². The van der Waals surface area contributed by atoms with Crippen molar-refractivity contribution in [2.24, 2.45) is 0 Å². The maximum atomic E-state index is 13.0. The highest BCUT2D eigenvalue weighted by Crippen LogP contribution is 2.36. The molecule has 1 heterocycles. The highest BCUT2D eigenvalue weighted by atomic mass is 79.9. The number of nitrogens with one attached hydrogen (secondary N) is 2. The van der Waals surface area contributed by atoms with Gasteiger partial charge in [-0.3, -0.25) is 4.68 Å². The Labute approximate surface area is 170 Å². The molecular weight excluding hydrogens is 474 g/mol. The number of aromatic nitrogens is 2. The van der Waals surface area contributed by atoms with Gasteiger partial charge >= 0.3 is 12.4 Å². The van der Waals surface area contributed by atoms with Crippen LogP contribution < -0.4 is 10.6 Å². The molecule has 1 aromatic carbocycles. The predicted octanol–water partition coefficient (Wildman–Crippen LogP) is 5.37. The van der Waals surface area contributed by atoms with E-state index in [1.54, 1.807) is 0 Å². The Hall–Kier alpha value is -1.82. The second-order valence-corrected chi connectivity index (χ2v) is 6.95. The number of thiocarbonyl (C=S) groups is 1. The smallest absolute Gasteiger partial charge is 0.362 e. The molecule has 0 aliphatic carbocycles. The zero-order valence-corrected chi connectivity index (χ0v) is 16.8. The molecule has 4 nitrogen and oxygen atoms in total. The molecule has 154 valence electrons. The monoisotopic (exact) mass is 488 g/mol. The quantitative estimate of drug-likeness (QED) is 0.337. The Morgan fingerprint density at radius 2 is 1.79 bits per heavy atom. The second kappa shape index (κ2) is 8.68. The summed E-state index contributed by atoms with van der Waals surface area (Å²) in [5.41, 5.74) is -1.71. The molecule has 12 heteroatoms. The standard InChI is InChI=1S/C16H15BrF6N4S/c1-9-12(17)13(16(21,22)23)26-27(9)8-4-7-24-14(28)25-11-6-3-2-5-10(11)15(18,19)20/h2-3,5-6H,4,7-8H2,1H3,(H2,24,25,28). The maximum Gasteiger partial charge on any atom is 0.436 e. The van der Waals surface area contributed by atoms with Crippen LogP contribution in [0.4, 0.5) is 32.0 Å². The van der Waals surface area contributed by atoms with Crippen LogP contribution in [-0.2, 0) is 18.9 Å². The van der Waals surface area contributed by atoms with Crippen LogP contribution in [0.1, 0.15) is 23.4 Å². The summed E-state index contributed by atoms with van der Waals surface area (Å²) >= 11 is 7.87. The number of alkyl halides is 6. The normalized spacial score (nSPS) is 12.1. The lowest BCUT2D eigenvalue weighted by molar-refractivity contribution is -0.142. The molecule has 0 saturated carbocycles. The number of benzene rings is 1. The van der Waals surface area contributed by atoms with Crippen LogP contribution >= 0.6 is 28.1 Å². The van der Waals surface area contributed by atoms with Gasteiger partial charge in [0.1, 0.15) is 0 Å². The SMILES string of the molecule is Cc1c(Br)c(C(F)(F)F)nn1CCCNC(=S)Nc1ccccc1C(F)(F)F. The number of hydrogen-bond donors (Lipinski definition) is 2. The lowest BCUT2D eigenvalue weighted by Crippen LogP contribution is -2.30. The third-order valence-electron chi connectivity index (χ3n) is 3.71. The molecule has 2 N–H and O–H groups in total. The number of anilines is 1. The Bertz CT molecular complexity index is 847. The van der Waals surface area contributed by atoms with E-state index in [1.165, 1.54) is 29.8 Å². The summed E-state index contributed by atoms with van der Waals surface area (Å²) in [5, 5.41) is 8.74. The Balaban J connectivity index is 1.89. The van der Waals surface area contributed by atoms with E-state index in [-0.39, 0.29) is 28.4 Å². The van der Waals surface area contributed by atoms with Crippen molar-refractivity contribution < 1.29 is 26.3 Å². The third kappa shape index (κ3) is 5.60. The average molecular weight is 489 g/mol. The zero-order chi connectivity index (χ0) is 21.1. The molecule has 0 aliphatic heterocycles. The van der Waals surface area contributed by atoms with Crippen molar-refractivity contribution in [1.82, 2.24) is 15.1 Å². The minimum Gasteiger partial charge on any atom is -0.362 e. The molecule has 0 amide bonds. The summed E-state index contributed by atoms with van der Waals surface area (Å²) in [6.07, 6.45) is -8.74. The van der Waals surface area contributed by atoms with Gasteiger partial charge in [-0.05, 0) is 53.6 Å². The fraction of sp³-hybridized carbons (Fsp3) is 0.375. The minimum atomic E-state index is -4.57. The van der Waals surface area contributed by atoms with E-state index >= 15 is 0 Å². The van der Waals surface area contributed by atoms with Gasteiger partial charge in [0.25, 0.3) is 0 Å². The van der Waals surface area contributed by atoms with Gasteiger partial charge in [-0.1, -0.05) is 12.1 Å². The van der Waals surface area contributed by atoms with Gasteiger partial charge in [0.15, 0.2) is 10.8 Å². The number of nitrogens with zero attached hydrogens (tertiary/aromatic N) is 2. The van der Waals surface area contributed by atoms with Gasteiger partial charge in [0.05, 0.1) is 21.4 Å². The van der Waals surface area contributed by atoms with Crippen molar-refractivity contribution in [3.05, 3.63) is 45.7 Å². The first-order valence-electron chi connectivity index (χ1n) is 7.92. The number of aryl methyl sites for hydroxylation is 1. The molecule has 0 spiro atoms. The van der Waals surface area contributed by atoms with E-state index in [1.807, 2.05) is 0 Å². The molecule has 0 unspecified atom stereocenters. The van der Waals surface area contributed by atoms with Crippen LogP contribution in [0.3, 0.4) is 0 Å². The van der Waals surface area contributed by atoms with Crippen molar-refractivity contribution in [3.8, 4) is 0 Å².